The standard InChI is InChI=1S/C22H23N9O2/c32-22(17-3-2-16-12-21(23-13-18(16)17)31-14-24-27-28-31)30-9-7-29(8-10-30)6-5-15-1-4-19-20(11-15)26-33-25-19/h1,4,11-14,17H,2-3,5-10H2. The minimum atomic E-state index is -0.107. The SMILES string of the molecule is O=C(C1CCc2cc(-n3cnnn3)ncc21)N1CCN(CCc2ccc3nonc3c2)CC1. The predicted octanol–water partition coefficient (Wildman–Crippen LogP) is 1.01. The van der Waals surface area contributed by atoms with Gasteiger partial charge in [0.2, 0.25) is 5.91 Å². The number of aromatic nitrogens is 7. The fourth-order valence-corrected chi connectivity index (χ4v) is 4.81. The average Bonchev–Trinajstić information content (AvgIpc) is 3.62. The third kappa shape index (κ3) is 3.84. The first-order valence-corrected chi connectivity index (χ1v) is 11.2. The van der Waals surface area contributed by atoms with Crippen LogP contribution in [-0.2, 0) is 17.6 Å². The van der Waals surface area contributed by atoms with E-state index in [9.17, 15) is 4.79 Å². The van der Waals surface area contributed by atoms with Crippen molar-refractivity contribution in [3.8, 4) is 5.82 Å². The minimum absolute atomic E-state index is 0.107. The van der Waals surface area contributed by atoms with E-state index in [4.69, 9.17) is 4.63 Å². The summed E-state index contributed by atoms with van der Waals surface area (Å²) in [6.07, 6.45) is 5.97. The predicted molar refractivity (Wildman–Crippen MR) is 117 cm³/mol. The molecule has 11 nitrogen and oxygen atoms in total. The van der Waals surface area contributed by atoms with Crippen molar-refractivity contribution >= 4 is 16.9 Å². The van der Waals surface area contributed by atoms with Crippen LogP contribution >= 0.6 is 0 Å². The van der Waals surface area contributed by atoms with E-state index in [-0.39, 0.29) is 11.8 Å². The summed E-state index contributed by atoms with van der Waals surface area (Å²) >= 11 is 0. The molecule has 2 aliphatic rings. The van der Waals surface area contributed by atoms with Crippen LogP contribution in [0.25, 0.3) is 16.9 Å². The fraction of sp³-hybridized carbons (Fsp3) is 0.409. The number of aryl methyl sites for hydroxylation is 1. The number of benzene rings is 1. The zero-order chi connectivity index (χ0) is 22.2. The van der Waals surface area contributed by atoms with Crippen LogP contribution in [0.3, 0.4) is 0 Å². The Morgan fingerprint density at radius 1 is 1.09 bits per heavy atom. The Bertz CT molecular complexity index is 1280. The molecule has 1 aliphatic heterocycles. The van der Waals surface area contributed by atoms with E-state index < -0.39 is 0 Å². The largest absolute Gasteiger partial charge is 0.340 e. The molecule has 1 fully saturated rings. The molecule has 11 heteroatoms. The summed E-state index contributed by atoms with van der Waals surface area (Å²) in [5.74, 6) is 0.790. The third-order valence-corrected chi connectivity index (χ3v) is 6.69. The number of piperazine rings is 1. The van der Waals surface area contributed by atoms with Crippen LogP contribution < -0.4 is 0 Å². The van der Waals surface area contributed by atoms with Gasteiger partial charge in [-0.15, -0.1) is 5.10 Å². The number of amides is 1. The van der Waals surface area contributed by atoms with E-state index in [1.54, 1.807) is 0 Å². The Morgan fingerprint density at radius 2 is 1.97 bits per heavy atom. The van der Waals surface area contributed by atoms with Crippen LogP contribution in [0.4, 0.5) is 0 Å². The van der Waals surface area contributed by atoms with Crippen molar-refractivity contribution in [3.63, 3.8) is 0 Å². The number of carbonyl (C=O) groups is 1. The first-order valence-electron chi connectivity index (χ1n) is 11.2. The Labute approximate surface area is 189 Å². The van der Waals surface area contributed by atoms with Crippen molar-refractivity contribution in [2.24, 2.45) is 0 Å². The molecule has 4 heterocycles. The summed E-state index contributed by atoms with van der Waals surface area (Å²) in [6.45, 7) is 4.24. The molecule has 1 saturated heterocycles. The zero-order valence-corrected chi connectivity index (χ0v) is 18.0. The van der Waals surface area contributed by atoms with Crippen molar-refractivity contribution in [2.45, 2.75) is 25.2 Å². The molecule has 0 radical (unpaired) electrons. The molecule has 3 aromatic heterocycles. The maximum Gasteiger partial charge on any atom is 0.230 e. The Balaban J connectivity index is 1.05. The Morgan fingerprint density at radius 3 is 2.82 bits per heavy atom. The van der Waals surface area contributed by atoms with Gasteiger partial charge in [0.05, 0.1) is 5.92 Å². The molecule has 6 rings (SSSR count). The number of nitrogens with zero attached hydrogens (tertiary/aromatic N) is 9. The maximum absolute atomic E-state index is 13.3. The number of fused-ring (bicyclic) bond motifs is 2. The number of carbonyl (C=O) groups excluding carboxylic acids is 1. The van der Waals surface area contributed by atoms with Crippen molar-refractivity contribution in [1.82, 2.24) is 45.3 Å². The van der Waals surface area contributed by atoms with Crippen LogP contribution in [0, 0.1) is 0 Å². The number of rotatable bonds is 5. The second-order valence-corrected chi connectivity index (χ2v) is 8.59. The van der Waals surface area contributed by atoms with E-state index in [1.165, 1.54) is 16.6 Å². The van der Waals surface area contributed by atoms with Gasteiger partial charge in [0.15, 0.2) is 5.82 Å². The Hall–Kier alpha value is -3.73. The van der Waals surface area contributed by atoms with E-state index in [0.29, 0.717) is 5.82 Å². The van der Waals surface area contributed by atoms with Gasteiger partial charge in [0.1, 0.15) is 17.4 Å². The maximum atomic E-state index is 13.3. The quantitative estimate of drug-likeness (QED) is 0.443. The van der Waals surface area contributed by atoms with Gasteiger partial charge in [0, 0.05) is 38.9 Å². The summed E-state index contributed by atoms with van der Waals surface area (Å²) in [6, 6.07) is 8.03. The van der Waals surface area contributed by atoms with E-state index >= 15 is 0 Å². The van der Waals surface area contributed by atoms with Crippen molar-refractivity contribution < 1.29 is 9.42 Å². The Kier molecular flexibility index (Phi) is 5.02. The van der Waals surface area contributed by atoms with Crippen LogP contribution in [0.5, 0.6) is 0 Å². The van der Waals surface area contributed by atoms with Crippen LogP contribution in [-0.4, -0.2) is 83.9 Å². The van der Waals surface area contributed by atoms with Gasteiger partial charge in [-0.05, 0) is 74.9 Å². The topological polar surface area (TPSA) is 119 Å². The van der Waals surface area contributed by atoms with Gasteiger partial charge in [0.25, 0.3) is 0 Å². The molecule has 4 aromatic rings. The highest BCUT2D eigenvalue weighted by molar-refractivity contribution is 5.85. The molecule has 1 aromatic carbocycles. The molecule has 0 saturated carbocycles. The summed E-state index contributed by atoms with van der Waals surface area (Å²) in [4.78, 5) is 22.2. The number of hydrogen-bond donors (Lipinski definition) is 0. The highest BCUT2D eigenvalue weighted by Gasteiger charge is 2.33. The van der Waals surface area contributed by atoms with E-state index in [2.05, 4.69) is 41.8 Å². The lowest BCUT2D eigenvalue weighted by molar-refractivity contribution is -0.134. The van der Waals surface area contributed by atoms with Gasteiger partial charge in [-0.2, -0.15) is 4.68 Å². The molecule has 33 heavy (non-hydrogen) atoms. The molecule has 168 valence electrons. The fourth-order valence-electron chi connectivity index (χ4n) is 4.81. The van der Waals surface area contributed by atoms with Crippen molar-refractivity contribution in [3.05, 3.63) is 53.5 Å². The highest BCUT2D eigenvalue weighted by atomic mass is 16.6. The van der Waals surface area contributed by atoms with Gasteiger partial charge >= 0.3 is 0 Å². The third-order valence-electron chi connectivity index (χ3n) is 6.69. The van der Waals surface area contributed by atoms with Crippen molar-refractivity contribution in [2.75, 3.05) is 32.7 Å². The lowest BCUT2D eigenvalue weighted by Crippen LogP contribution is -2.50. The van der Waals surface area contributed by atoms with Gasteiger partial charge in [-0.25, -0.2) is 9.61 Å². The van der Waals surface area contributed by atoms with Gasteiger partial charge in [-0.1, -0.05) is 6.07 Å². The molecule has 1 amide bonds. The smallest absolute Gasteiger partial charge is 0.230 e. The molecule has 1 aliphatic carbocycles. The zero-order valence-electron chi connectivity index (χ0n) is 18.0. The number of tetrazole rings is 1. The molecule has 0 N–H and O–H groups in total. The molecule has 1 atom stereocenters. The lowest BCUT2D eigenvalue weighted by Gasteiger charge is -2.36. The van der Waals surface area contributed by atoms with E-state index in [0.717, 1.165) is 74.1 Å². The van der Waals surface area contributed by atoms with Gasteiger partial charge < -0.3 is 4.90 Å². The monoisotopic (exact) mass is 445 g/mol. The first-order chi connectivity index (χ1) is 16.2. The van der Waals surface area contributed by atoms with E-state index in [1.807, 2.05) is 29.3 Å². The highest BCUT2D eigenvalue weighted by Crippen LogP contribution is 2.35. The number of pyridine rings is 1. The number of hydrogen-bond acceptors (Lipinski definition) is 9. The average molecular weight is 445 g/mol. The molecular formula is C22H23N9O2. The molecule has 0 bridgehead atoms. The van der Waals surface area contributed by atoms with Crippen LogP contribution in [0.1, 0.15) is 29.0 Å². The first kappa shape index (κ1) is 19.9. The molecule has 0 spiro atoms. The van der Waals surface area contributed by atoms with Crippen molar-refractivity contribution in [1.29, 1.82) is 0 Å². The summed E-state index contributed by atoms with van der Waals surface area (Å²) in [7, 11) is 0. The summed E-state index contributed by atoms with van der Waals surface area (Å²) < 4.78 is 6.31. The van der Waals surface area contributed by atoms with Crippen LogP contribution in [0.15, 0.2) is 41.4 Å². The molecule has 1 unspecified atom stereocenters. The normalized spacial score (nSPS) is 18.7. The second-order valence-electron chi connectivity index (χ2n) is 8.59. The second kappa shape index (κ2) is 8.32. The van der Waals surface area contributed by atoms with Gasteiger partial charge in [-0.3, -0.25) is 9.69 Å². The summed E-state index contributed by atoms with van der Waals surface area (Å²) in [5.41, 5.74) is 4.98. The minimum Gasteiger partial charge on any atom is -0.340 e. The van der Waals surface area contributed by atoms with Crippen LogP contribution in [0.2, 0.25) is 0 Å². The summed E-state index contributed by atoms with van der Waals surface area (Å²) in [5, 5.41) is 19.0. The lowest BCUT2D eigenvalue weighted by atomic mass is 10.0. The molecular weight excluding hydrogens is 422 g/mol.